The van der Waals surface area contributed by atoms with Gasteiger partial charge in [0.1, 0.15) is 70.9 Å². The highest BCUT2D eigenvalue weighted by Crippen LogP contribution is 2.39. The van der Waals surface area contributed by atoms with Gasteiger partial charge in [-0.05, 0) is 12.1 Å². The van der Waals surface area contributed by atoms with Crippen molar-refractivity contribution in [3.05, 3.63) is 41.5 Å². The fourth-order valence-corrected chi connectivity index (χ4v) is 4.06. The van der Waals surface area contributed by atoms with Crippen LogP contribution in [0.15, 0.2) is 30.3 Å². The highest BCUT2D eigenvalue weighted by molar-refractivity contribution is 6.13. The lowest BCUT2D eigenvalue weighted by atomic mass is 10.00. The Bertz CT molecular complexity index is 1130. The van der Waals surface area contributed by atoms with Gasteiger partial charge in [-0.2, -0.15) is 0 Å². The first-order valence-corrected chi connectivity index (χ1v) is 11.4. The van der Waals surface area contributed by atoms with Crippen molar-refractivity contribution in [2.75, 3.05) is 20.3 Å². The Morgan fingerprint density at radius 3 is 2.08 bits per heavy atom. The lowest BCUT2D eigenvalue weighted by molar-refractivity contribution is -0.242. The molecule has 2 fully saturated rings. The number of phenols is 2. The zero-order chi connectivity index (χ0) is 27.7. The van der Waals surface area contributed by atoms with Crippen LogP contribution in [0.4, 0.5) is 0 Å². The maximum atomic E-state index is 13.7. The molecule has 8 unspecified atom stereocenters. The largest absolute Gasteiger partial charge is 0.508 e. The van der Waals surface area contributed by atoms with Gasteiger partial charge in [0.2, 0.25) is 18.4 Å². The fraction of sp³-hybridized carbons (Fsp3) is 0.458. The smallest absolute Gasteiger partial charge is 0.229 e. The first kappa shape index (κ1) is 27.8. The summed E-state index contributed by atoms with van der Waals surface area (Å²) in [5, 5.41) is 80.2. The summed E-state index contributed by atoms with van der Waals surface area (Å²) in [4.78, 5) is 13.7. The van der Waals surface area contributed by atoms with Gasteiger partial charge in [-0.25, -0.2) is 0 Å². The number of carbonyl (C=O) groups is 1. The molecule has 0 aromatic heterocycles. The molecule has 0 amide bonds. The van der Waals surface area contributed by atoms with E-state index in [1.54, 1.807) is 0 Å². The second-order valence-corrected chi connectivity index (χ2v) is 8.76. The third-order valence-electron chi connectivity index (χ3n) is 6.11. The van der Waals surface area contributed by atoms with Crippen LogP contribution >= 0.6 is 0 Å². The summed E-state index contributed by atoms with van der Waals surface area (Å²) in [5.41, 5.74) is -0.520. The van der Waals surface area contributed by atoms with Crippen molar-refractivity contribution in [1.29, 1.82) is 0 Å². The normalized spacial score (nSPS) is 31.1. The molecule has 2 aromatic rings. The molecule has 0 spiro atoms. The third kappa shape index (κ3) is 5.48. The quantitative estimate of drug-likeness (QED) is 0.169. The number of benzene rings is 2. The maximum absolute atomic E-state index is 13.7. The van der Waals surface area contributed by atoms with E-state index in [9.17, 15) is 45.6 Å². The molecule has 38 heavy (non-hydrogen) atoms. The standard InChI is InChI=1S/C24H28O14/c1-34-12-3-9(2-10(26)4-12)18(29)17-14(36-23-21(32)19(30)13(28)8-35-23)5-11(27)6-15(17)37-24-22(33)20(31)16(7-25)38-24/h2-6,13,16,19-28,30-33H,7-8H2,1H3. The first-order chi connectivity index (χ1) is 18.0. The van der Waals surface area contributed by atoms with E-state index < -0.39 is 91.0 Å². The van der Waals surface area contributed by atoms with E-state index in [2.05, 4.69) is 0 Å². The highest BCUT2D eigenvalue weighted by Gasteiger charge is 2.45. The van der Waals surface area contributed by atoms with Crippen LogP contribution in [0, 0.1) is 0 Å². The minimum absolute atomic E-state index is 0.121. The number of hydrogen-bond acceptors (Lipinski definition) is 14. The molecule has 2 heterocycles. The molecule has 4 rings (SSSR count). The molecule has 208 valence electrons. The number of hydrogen-bond donors (Lipinski definition) is 8. The summed E-state index contributed by atoms with van der Waals surface area (Å²) in [6, 6.07) is 5.64. The predicted molar refractivity (Wildman–Crippen MR) is 123 cm³/mol. The van der Waals surface area contributed by atoms with E-state index in [-0.39, 0.29) is 17.1 Å². The van der Waals surface area contributed by atoms with Crippen molar-refractivity contribution in [3.63, 3.8) is 0 Å². The van der Waals surface area contributed by atoms with Gasteiger partial charge in [-0.3, -0.25) is 4.79 Å². The summed E-state index contributed by atoms with van der Waals surface area (Å²) < 4.78 is 26.9. The lowest BCUT2D eigenvalue weighted by Gasteiger charge is -2.35. The molecule has 8 N–H and O–H groups in total. The number of aliphatic hydroxyl groups is 6. The Labute approximate surface area is 215 Å². The third-order valence-corrected chi connectivity index (χ3v) is 6.11. The summed E-state index contributed by atoms with van der Waals surface area (Å²) in [5.74, 6) is -2.36. The van der Waals surface area contributed by atoms with Gasteiger partial charge >= 0.3 is 0 Å². The molecule has 14 nitrogen and oxygen atoms in total. The van der Waals surface area contributed by atoms with Crippen molar-refractivity contribution in [1.82, 2.24) is 0 Å². The SMILES string of the molecule is COc1cc(O)cc(C(=O)c2c(OC3OCC(O)C(O)C3O)cc(O)cc2OC2OC(CO)C(O)C2O)c1. The van der Waals surface area contributed by atoms with Crippen molar-refractivity contribution < 1.29 is 69.3 Å². The molecule has 2 saturated heterocycles. The first-order valence-electron chi connectivity index (χ1n) is 11.4. The van der Waals surface area contributed by atoms with Gasteiger partial charge in [0, 0.05) is 23.8 Å². The number of methoxy groups -OCH3 is 1. The van der Waals surface area contributed by atoms with Crippen LogP contribution in [0.25, 0.3) is 0 Å². The zero-order valence-electron chi connectivity index (χ0n) is 19.9. The average Bonchev–Trinajstić information content (AvgIpc) is 3.16. The zero-order valence-corrected chi connectivity index (χ0v) is 19.9. The van der Waals surface area contributed by atoms with E-state index in [1.165, 1.54) is 19.2 Å². The van der Waals surface area contributed by atoms with E-state index >= 15 is 0 Å². The van der Waals surface area contributed by atoms with Gasteiger partial charge < -0.3 is 64.5 Å². The van der Waals surface area contributed by atoms with Crippen LogP contribution in [-0.4, -0.2) is 116 Å². The Morgan fingerprint density at radius 1 is 0.868 bits per heavy atom. The number of ketones is 1. The molecule has 14 heteroatoms. The molecule has 0 aliphatic carbocycles. The molecule has 0 bridgehead atoms. The molecular weight excluding hydrogens is 512 g/mol. The average molecular weight is 540 g/mol. The molecule has 2 aliphatic heterocycles. The minimum Gasteiger partial charge on any atom is -0.508 e. The van der Waals surface area contributed by atoms with Crippen LogP contribution in [0.3, 0.4) is 0 Å². The molecular formula is C24H28O14. The Balaban J connectivity index is 1.78. The van der Waals surface area contributed by atoms with Crippen LogP contribution in [0.5, 0.6) is 28.7 Å². The fourth-order valence-electron chi connectivity index (χ4n) is 4.06. The van der Waals surface area contributed by atoms with E-state index in [0.717, 1.165) is 18.2 Å². The van der Waals surface area contributed by atoms with Crippen LogP contribution in [0.1, 0.15) is 15.9 Å². The number of aliphatic hydroxyl groups excluding tert-OH is 6. The van der Waals surface area contributed by atoms with E-state index in [0.29, 0.717) is 0 Å². The number of phenolic OH excluding ortho intramolecular Hbond substituents is 2. The maximum Gasteiger partial charge on any atom is 0.229 e. The van der Waals surface area contributed by atoms with Crippen molar-refractivity contribution in [3.8, 4) is 28.7 Å². The van der Waals surface area contributed by atoms with E-state index in [1.807, 2.05) is 0 Å². The Kier molecular flexibility index (Phi) is 8.25. The van der Waals surface area contributed by atoms with Gasteiger partial charge in [0.25, 0.3) is 0 Å². The van der Waals surface area contributed by atoms with Crippen molar-refractivity contribution in [2.45, 2.75) is 49.2 Å². The molecule has 8 atom stereocenters. The van der Waals surface area contributed by atoms with Crippen LogP contribution in [-0.2, 0) is 9.47 Å². The summed E-state index contributed by atoms with van der Waals surface area (Å²) in [6.45, 7) is -1.06. The van der Waals surface area contributed by atoms with Gasteiger partial charge in [-0.15, -0.1) is 0 Å². The second kappa shape index (κ2) is 11.3. The topological polar surface area (TPSA) is 225 Å². The van der Waals surface area contributed by atoms with Gasteiger partial charge in [-0.1, -0.05) is 0 Å². The van der Waals surface area contributed by atoms with Crippen molar-refractivity contribution in [2.24, 2.45) is 0 Å². The highest BCUT2D eigenvalue weighted by atomic mass is 16.7. The summed E-state index contributed by atoms with van der Waals surface area (Å²) in [7, 11) is 1.32. The molecule has 0 radical (unpaired) electrons. The molecule has 2 aliphatic rings. The number of ether oxygens (including phenoxy) is 5. The number of aromatic hydroxyl groups is 2. The lowest BCUT2D eigenvalue weighted by Crippen LogP contribution is -2.54. The van der Waals surface area contributed by atoms with Gasteiger partial charge in [0.05, 0.1) is 20.3 Å². The summed E-state index contributed by atoms with van der Waals surface area (Å²) in [6.07, 6.45) is -12.4. The minimum atomic E-state index is -1.75. The van der Waals surface area contributed by atoms with Crippen LogP contribution in [0.2, 0.25) is 0 Å². The second-order valence-electron chi connectivity index (χ2n) is 8.76. The number of rotatable bonds is 8. The monoisotopic (exact) mass is 540 g/mol. The Hall–Kier alpha value is -3.21. The van der Waals surface area contributed by atoms with Crippen LogP contribution < -0.4 is 14.2 Å². The molecule has 0 saturated carbocycles. The predicted octanol–water partition coefficient (Wildman–Crippen LogP) is -2.03. The van der Waals surface area contributed by atoms with E-state index in [4.69, 9.17) is 23.7 Å². The van der Waals surface area contributed by atoms with Gasteiger partial charge in [0.15, 0.2) is 0 Å². The number of carbonyl (C=O) groups excluding carboxylic acids is 1. The molecule has 2 aromatic carbocycles. The Morgan fingerprint density at radius 2 is 1.47 bits per heavy atom. The summed E-state index contributed by atoms with van der Waals surface area (Å²) >= 11 is 0. The van der Waals surface area contributed by atoms with Crippen molar-refractivity contribution >= 4 is 5.78 Å².